The molecule has 0 amide bonds. The Bertz CT molecular complexity index is 677. The molecule has 0 saturated carbocycles. The van der Waals surface area contributed by atoms with E-state index in [1.165, 1.54) is 0 Å². The number of benzene rings is 2. The predicted molar refractivity (Wildman–Crippen MR) is 92.2 cm³/mol. The van der Waals surface area contributed by atoms with Gasteiger partial charge in [0.1, 0.15) is 11.5 Å². The van der Waals surface area contributed by atoms with Crippen LogP contribution >= 0.6 is 0 Å². The second-order valence-corrected chi connectivity index (χ2v) is 5.49. The van der Waals surface area contributed by atoms with E-state index >= 15 is 0 Å². The van der Waals surface area contributed by atoms with E-state index in [0.717, 1.165) is 22.7 Å². The van der Waals surface area contributed by atoms with Gasteiger partial charge in [-0.15, -0.1) is 0 Å². The fourth-order valence-electron chi connectivity index (χ4n) is 2.31. The summed E-state index contributed by atoms with van der Waals surface area (Å²) in [5.41, 5.74) is 2.12. The lowest BCUT2D eigenvalue weighted by molar-refractivity contribution is 0.303. The summed E-state index contributed by atoms with van der Waals surface area (Å²) >= 11 is 0. The zero-order chi connectivity index (χ0) is 16.7. The highest BCUT2D eigenvalue weighted by molar-refractivity contribution is 5.48. The first-order valence-corrected chi connectivity index (χ1v) is 7.58. The van der Waals surface area contributed by atoms with Gasteiger partial charge < -0.3 is 14.4 Å². The van der Waals surface area contributed by atoms with Crippen molar-refractivity contribution in [3.8, 4) is 17.6 Å². The van der Waals surface area contributed by atoms with Crippen molar-refractivity contribution in [2.75, 3.05) is 32.7 Å². The van der Waals surface area contributed by atoms with Crippen molar-refractivity contribution in [2.24, 2.45) is 0 Å². The van der Waals surface area contributed by atoms with E-state index in [-0.39, 0.29) is 5.92 Å². The fourth-order valence-corrected chi connectivity index (χ4v) is 2.31. The van der Waals surface area contributed by atoms with Crippen LogP contribution in [0.4, 0.5) is 5.69 Å². The van der Waals surface area contributed by atoms with E-state index in [4.69, 9.17) is 9.47 Å². The van der Waals surface area contributed by atoms with Crippen molar-refractivity contribution in [1.29, 1.82) is 5.26 Å². The van der Waals surface area contributed by atoms with Crippen LogP contribution in [-0.4, -0.2) is 27.8 Å². The molecule has 1 atom stereocenters. The van der Waals surface area contributed by atoms with Gasteiger partial charge in [-0.05, 0) is 29.8 Å². The molecule has 23 heavy (non-hydrogen) atoms. The van der Waals surface area contributed by atoms with E-state index in [9.17, 15) is 5.26 Å². The van der Waals surface area contributed by atoms with Crippen molar-refractivity contribution in [3.05, 3.63) is 54.1 Å². The average molecular weight is 310 g/mol. The molecule has 0 aliphatic heterocycles. The number of methoxy groups -OCH3 is 1. The summed E-state index contributed by atoms with van der Waals surface area (Å²) in [5, 5.41) is 9.45. The molecule has 0 aromatic heterocycles. The Labute approximate surface area is 137 Å². The molecule has 0 aliphatic rings. The van der Waals surface area contributed by atoms with Crippen LogP contribution in [0.1, 0.15) is 17.9 Å². The fraction of sp³-hybridized carbons (Fsp3) is 0.316. The standard InChI is InChI=1S/C19H22N2O2/c1-21(2)17-7-4-6-15(12-17)16(14-20)10-11-23-19-9-5-8-18(13-19)22-3/h4-9,12-13,16H,10-11H2,1-3H3. The zero-order valence-corrected chi connectivity index (χ0v) is 13.8. The molecule has 4 nitrogen and oxygen atoms in total. The summed E-state index contributed by atoms with van der Waals surface area (Å²) in [5.74, 6) is 1.33. The highest BCUT2D eigenvalue weighted by Crippen LogP contribution is 2.24. The number of nitrogens with zero attached hydrogens (tertiary/aromatic N) is 2. The molecule has 120 valence electrons. The maximum atomic E-state index is 9.45. The first-order chi connectivity index (χ1) is 11.1. The van der Waals surface area contributed by atoms with E-state index < -0.39 is 0 Å². The van der Waals surface area contributed by atoms with Gasteiger partial charge in [0.25, 0.3) is 0 Å². The van der Waals surface area contributed by atoms with Gasteiger partial charge in [-0.1, -0.05) is 18.2 Å². The van der Waals surface area contributed by atoms with Gasteiger partial charge in [0, 0.05) is 32.3 Å². The normalized spacial score (nSPS) is 11.4. The third-order valence-electron chi connectivity index (χ3n) is 3.66. The van der Waals surface area contributed by atoms with E-state index in [0.29, 0.717) is 13.0 Å². The quantitative estimate of drug-likeness (QED) is 0.779. The van der Waals surface area contributed by atoms with Gasteiger partial charge >= 0.3 is 0 Å². The summed E-state index contributed by atoms with van der Waals surface area (Å²) < 4.78 is 10.9. The van der Waals surface area contributed by atoms with Gasteiger partial charge in [-0.2, -0.15) is 5.26 Å². The number of hydrogen-bond donors (Lipinski definition) is 0. The number of rotatable bonds is 7. The van der Waals surface area contributed by atoms with Crippen LogP contribution in [0.25, 0.3) is 0 Å². The van der Waals surface area contributed by atoms with Crippen LogP contribution in [0, 0.1) is 11.3 Å². The summed E-state index contributed by atoms with van der Waals surface area (Å²) in [7, 11) is 5.61. The summed E-state index contributed by atoms with van der Waals surface area (Å²) in [4.78, 5) is 2.03. The summed E-state index contributed by atoms with van der Waals surface area (Å²) in [6.45, 7) is 0.484. The third-order valence-corrected chi connectivity index (χ3v) is 3.66. The Morgan fingerprint density at radius 3 is 2.52 bits per heavy atom. The molecule has 0 N–H and O–H groups in total. The van der Waals surface area contributed by atoms with E-state index in [1.54, 1.807) is 7.11 Å². The summed E-state index contributed by atoms with van der Waals surface area (Å²) in [6.07, 6.45) is 0.643. The zero-order valence-electron chi connectivity index (χ0n) is 13.8. The predicted octanol–water partition coefficient (Wildman–Crippen LogP) is 3.84. The van der Waals surface area contributed by atoms with Crippen molar-refractivity contribution in [3.63, 3.8) is 0 Å². The molecule has 0 radical (unpaired) electrons. The van der Waals surface area contributed by atoms with E-state index in [1.807, 2.05) is 61.5 Å². The highest BCUT2D eigenvalue weighted by Gasteiger charge is 2.12. The van der Waals surface area contributed by atoms with Crippen molar-refractivity contribution in [2.45, 2.75) is 12.3 Å². The smallest absolute Gasteiger partial charge is 0.122 e. The van der Waals surface area contributed by atoms with Gasteiger partial charge in [-0.25, -0.2) is 0 Å². The SMILES string of the molecule is COc1cccc(OCCC(C#N)c2cccc(N(C)C)c2)c1. The Morgan fingerprint density at radius 1 is 1.09 bits per heavy atom. The Morgan fingerprint density at radius 2 is 1.83 bits per heavy atom. The molecule has 0 bridgehead atoms. The monoisotopic (exact) mass is 310 g/mol. The minimum absolute atomic E-state index is 0.180. The van der Waals surface area contributed by atoms with Crippen LogP contribution in [0.5, 0.6) is 11.5 Å². The van der Waals surface area contributed by atoms with Crippen LogP contribution in [0.15, 0.2) is 48.5 Å². The number of anilines is 1. The van der Waals surface area contributed by atoms with Crippen LogP contribution in [0.3, 0.4) is 0 Å². The molecule has 0 aliphatic carbocycles. The highest BCUT2D eigenvalue weighted by atomic mass is 16.5. The molecule has 1 unspecified atom stereocenters. The lowest BCUT2D eigenvalue weighted by atomic mass is 9.97. The van der Waals surface area contributed by atoms with Crippen molar-refractivity contribution < 1.29 is 9.47 Å². The molecule has 4 heteroatoms. The molecule has 0 fully saturated rings. The minimum atomic E-state index is -0.180. The number of hydrogen-bond acceptors (Lipinski definition) is 4. The van der Waals surface area contributed by atoms with Gasteiger partial charge in [0.15, 0.2) is 0 Å². The molecule has 2 rings (SSSR count). The maximum absolute atomic E-state index is 9.45. The topological polar surface area (TPSA) is 45.5 Å². The van der Waals surface area contributed by atoms with Crippen LogP contribution < -0.4 is 14.4 Å². The lowest BCUT2D eigenvalue weighted by Gasteiger charge is -2.16. The number of nitriles is 1. The van der Waals surface area contributed by atoms with E-state index in [2.05, 4.69) is 12.1 Å². The molecule has 0 spiro atoms. The lowest BCUT2D eigenvalue weighted by Crippen LogP contribution is -2.10. The summed E-state index contributed by atoms with van der Waals surface area (Å²) in [6, 6.07) is 17.9. The largest absolute Gasteiger partial charge is 0.497 e. The number of ether oxygens (including phenoxy) is 2. The maximum Gasteiger partial charge on any atom is 0.122 e. The molecular weight excluding hydrogens is 288 g/mol. The Balaban J connectivity index is 1.97. The second-order valence-electron chi connectivity index (χ2n) is 5.49. The second kappa shape index (κ2) is 8.09. The Hall–Kier alpha value is -2.67. The first-order valence-electron chi connectivity index (χ1n) is 7.58. The van der Waals surface area contributed by atoms with Crippen molar-refractivity contribution >= 4 is 5.69 Å². The molecule has 0 saturated heterocycles. The van der Waals surface area contributed by atoms with Crippen LogP contribution in [-0.2, 0) is 0 Å². The first kappa shape index (κ1) is 16.7. The van der Waals surface area contributed by atoms with Gasteiger partial charge in [0.2, 0.25) is 0 Å². The van der Waals surface area contributed by atoms with Gasteiger partial charge in [-0.3, -0.25) is 0 Å². The van der Waals surface area contributed by atoms with Crippen LogP contribution in [0.2, 0.25) is 0 Å². The molecule has 2 aromatic carbocycles. The average Bonchev–Trinajstić information content (AvgIpc) is 2.59. The molecule has 2 aromatic rings. The Kier molecular flexibility index (Phi) is 5.87. The van der Waals surface area contributed by atoms with Gasteiger partial charge in [0.05, 0.1) is 25.7 Å². The molecular formula is C19H22N2O2. The molecule has 0 heterocycles. The minimum Gasteiger partial charge on any atom is -0.497 e. The third kappa shape index (κ3) is 4.65. The van der Waals surface area contributed by atoms with Crippen molar-refractivity contribution in [1.82, 2.24) is 0 Å².